The van der Waals surface area contributed by atoms with Gasteiger partial charge in [-0.1, -0.05) is 13.8 Å². The summed E-state index contributed by atoms with van der Waals surface area (Å²) in [6.07, 6.45) is 0.152. The smallest absolute Gasteiger partial charge is 0.335 e. The zero-order valence-corrected chi connectivity index (χ0v) is 20.3. The summed E-state index contributed by atoms with van der Waals surface area (Å²) in [5.74, 6) is -1.04. The second kappa shape index (κ2) is 11.0. The number of benzene rings is 1. The second-order valence-corrected chi connectivity index (χ2v) is 10.3. The minimum atomic E-state index is -4.71. The van der Waals surface area contributed by atoms with Crippen molar-refractivity contribution in [2.45, 2.75) is 30.1 Å². The van der Waals surface area contributed by atoms with Gasteiger partial charge in [-0.2, -0.15) is 9.97 Å². The average Bonchev–Trinajstić information content (AvgIpc) is 2.81. The maximum absolute atomic E-state index is 13.0. The summed E-state index contributed by atoms with van der Waals surface area (Å²) >= 11 is 0. The molecule has 1 heterocycles. The largest absolute Gasteiger partial charge is 0.481 e. The van der Waals surface area contributed by atoms with Crippen LogP contribution in [-0.4, -0.2) is 58.7 Å². The molecule has 0 saturated carbocycles. The number of nitrogens with zero attached hydrogens (tertiary/aromatic N) is 2. The van der Waals surface area contributed by atoms with Crippen molar-refractivity contribution in [3.8, 4) is 11.8 Å². The van der Waals surface area contributed by atoms with Crippen molar-refractivity contribution in [3.63, 3.8) is 0 Å². The summed E-state index contributed by atoms with van der Waals surface area (Å²) < 4.78 is 62.5. The molecule has 0 atom stereocenters. The number of carbonyl (C=O) groups is 2. The average molecular weight is 517 g/mol. The highest BCUT2D eigenvalue weighted by Crippen LogP contribution is 2.26. The first-order chi connectivity index (χ1) is 15.9. The van der Waals surface area contributed by atoms with Crippen LogP contribution in [0, 0.1) is 0 Å². The molecule has 0 unspecified atom stereocenters. The van der Waals surface area contributed by atoms with Gasteiger partial charge in [0.1, 0.15) is 4.90 Å². The molecular weight excluding hydrogens is 492 g/mol. The molecule has 2 aromatic rings. The van der Waals surface area contributed by atoms with Crippen LogP contribution < -0.4 is 30.4 Å². The lowest BCUT2D eigenvalue weighted by atomic mass is 10.3. The third-order valence-electron chi connectivity index (χ3n) is 4.17. The Hall–Kier alpha value is -3.66. The predicted molar refractivity (Wildman–Crippen MR) is 121 cm³/mol. The lowest BCUT2D eigenvalue weighted by Gasteiger charge is -2.15. The molecule has 0 fully saturated rings. The molecule has 0 saturated heterocycles. The Morgan fingerprint density at radius 1 is 0.941 bits per heavy atom. The van der Waals surface area contributed by atoms with Crippen molar-refractivity contribution in [1.29, 1.82) is 0 Å². The lowest BCUT2D eigenvalue weighted by molar-refractivity contribution is -0.120. The Morgan fingerprint density at radius 2 is 1.56 bits per heavy atom. The van der Waals surface area contributed by atoms with Gasteiger partial charge in [0.05, 0.1) is 36.6 Å². The molecule has 16 heteroatoms. The molecule has 186 valence electrons. The number of sulfonamides is 1. The normalized spacial score (nSPS) is 11.3. The van der Waals surface area contributed by atoms with E-state index in [0.717, 1.165) is 12.1 Å². The van der Waals surface area contributed by atoms with Crippen LogP contribution in [-0.2, 0) is 24.7 Å². The van der Waals surface area contributed by atoms with Crippen LogP contribution >= 0.6 is 0 Å². The number of hydrogen-bond acceptors (Lipinski definition) is 11. The van der Waals surface area contributed by atoms with Crippen LogP contribution in [0.1, 0.15) is 20.3 Å². The summed E-state index contributed by atoms with van der Waals surface area (Å²) in [6, 6.07) is 3.36. The van der Waals surface area contributed by atoms with Crippen LogP contribution in [0.3, 0.4) is 0 Å². The summed E-state index contributed by atoms with van der Waals surface area (Å²) in [6.45, 7) is 2.95. The fourth-order valence-corrected chi connectivity index (χ4v) is 5.09. The number of urea groups is 1. The van der Waals surface area contributed by atoms with E-state index in [0.29, 0.717) is 0 Å². The van der Waals surface area contributed by atoms with Gasteiger partial charge in [-0.15, -0.1) is 0 Å². The SMILES string of the molecule is CCC(=O)NNc1ccc(S(=O)(=O)CC)c(S(=O)(=O)NC(=O)Nc2nc(OC)cc(OC)n2)c1. The molecule has 0 radical (unpaired) electrons. The van der Waals surface area contributed by atoms with E-state index in [4.69, 9.17) is 9.47 Å². The van der Waals surface area contributed by atoms with Gasteiger partial charge < -0.3 is 9.47 Å². The second-order valence-electron chi connectivity index (χ2n) is 6.43. The Labute approximate surface area is 196 Å². The molecule has 0 spiro atoms. The zero-order chi connectivity index (χ0) is 25.5. The Bertz CT molecular complexity index is 1260. The molecule has 3 amide bonds. The van der Waals surface area contributed by atoms with Crippen molar-refractivity contribution in [2.75, 3.05) is 30.7 Å². The quantitative estimate of drug-likeness (QED) is 0.324. The molecular formula is C18H24N6O8S2. The predicted octanol–water partition coefficient (Wildman–Crippen LogP) is 0.651. The number of rotatable bonds is 10. The van der Waals surface area contributed by atoms with E-state index < -0.39 is 41.4 Å². The Kier molecular flexibility index (Phi) is 8.58. The maximum atomic E-state index is 13.0. The molecule has 4 N–H and O–H groups in total. The molecule has 0 bridgehead atoms. The van der Waals surface area contributed by atoms with Gasteiger partial charge in [0.15, 0.2) is 9.84 Å². The van der Waals surface area contributed by atoms with Gasteiger partial charge in [0, 0.05) is 6.42 Å². The highest BCUT2D eigenvalue weighted by atomic mass is 32.2. The summed E-state index contributed by atoms with van der Waals surface area (Å²) in [4.78, 5) is 30.3. The molecule has 2 rings (SSSR count). The third-order valence-corrected chi connectivity index (χ3v) is 7.45. The number of hydrogen-bond donors (Lipinski definition) is 4. The molecule has 0 aliphatic rings. The fraction of sp³-hybridized carbons (Fsp3) is 0.333. The van der Waals surface area contributed by atoms with Crippen molar-refractivity contribution in [1.82, 2.24) is 20.1 Å². The van der Waals surface area contributed by atoms with Gasteiger partial charge in [-0.05, 0) is 18.2 Å². The van der Waals surface area contributed by atoms with E-state index in [1.54, 1.807) is 11.6 Å². The molecule has 0 aliphatic carbocycles. The number of sulfone groups is 1. The first kappa shape index (κ1) is 26.6. The molecule has 1 aromatic carbocycles. The van der Waals surface area contributed by atoms with E-state index in [-0.39, 0.29) is 35.7 Å². The van der Waals surface area contributed by atoms with Crippen LogP contribution in [0.2, 0.25) is 0 Å². The van der Waals surface area contributed by atoms with E-state index >= 15 is 0 Å². The van der Waals surface area contributed by atoms with E-state index in [2.05, 4.69) is 26.1 Å². The lowest BCUT2D eigenvalue weighted by Crippen LogP contribution is -2.36. The first-order valence-corrected chi connectivity index (χ1v) is 12.8. The zero-order valence-electron chi connectivity index (χ0n) is 18.7. The topological polar surface area (TPSA) is 195 Å². The van der Waals surface area contributed by atoms with E-state index in [1.165, 1.54) is 33.3 Å². The molecule has 14 nitrogen and oxygen atoms in total. The van der Waals surface area contributed by atoms with Crippen molar-refractivity contribution in [3.05, 3.63) is 24.3 Å². The van der Waals surface area contributed by atoms with Crippen molar-refractivity contribution >= 4 is 43.4 Å². The maximum Gasteiger partial charge on any atom is 0.335 e. The summed E-state index contributed by atoms with van der Waals surface area (Å²) in [7, 11) is -6.08. The fourth-order valence-electron chi connectivity index (χ4n) is 2.41. The minimum Gasteiger partial charge on any atom is -0.481 e. The van der Waals surface area contributed by atoms with Gasteiger partial charge in [0.2, 0.25) is 23.6 Å². The van der Waals surface area contributed by atoms with Crippen LogP contribution in [0.25, 0.3) is 0 Å². The number of amides is 3. The number of anilines is 2. The number of carbonyl (C=O) groups excluding carboxylic acids is 2. The van der Waals surface area contributed by atoms with Crippen LogP contribution in [0.5, 0.6) is 11.8 Å². The number of hydrazine groups is 1. The Morgan fingerprint density at radius 3 is 2.09 bits per heavy atom. The van der Waals surface area contributed by atoms with Crippen molar-refractivity contribution in [2.24, 2.45) is 0 Å². The van der Waals surface area contributed by atoms with Gasteiger partial charge in [0.25, 0.3) is 10.0 Å². The summed E-state index contributed by atoms with van der Waals surface area (Å²) in [5.41, 5.74) is 4.88. The summed E-state index contributed by atoms with van der Waals surface area (Å²) in [5, 5.41) is 2.12. The number of aromatic nitrogens is 2. The Balaban J connectivity index is 2.39. The van der Waals surface area contributed by atoms with Crippen molar-refractivity contribution < 1.29 is 35.9 Å². The first-order valence-electron chi connectivity index (χ1n) is 9.68. The number of ether oxygens (including phenoxy) is 2. The highest BCUT2D eigenvalue weighted by molar-refractivity contribution is 7.93. The standard InChI is InChI=1S/C18H24N6O8S2/c1-5-14(25)23-22-11-7-8-12(33(27,28)6-2)13(9-11)34(29,30)24-18(26)21-17-19-15(31-3)10-16(20-17)32-4/h7-10,22H,5-6H2,1-4H3,(H,23,25)(H2,19,20,21,24,26). The molecule has 0 aliphatic heterocycles. The van der Waals surface area contributed by atoms with E-state index in [9.17, 15) is 26.4 Å². The third kappa shape index (κ3) is 6.67. The van der Waals surface area contributed by atoms with Crippen LogP contribution in [0.4, 0.5) is 16.4 Å². The monoisotopic (exact) mass is 516 g/mol. The molecule has 34 heavy (non-hydrogen) atoms. The molecule has 1 aromatic heterocycles. The minimum absolute atomic E-state index is 0.0363. The number of nitrogens with one attached hydrogen (secondary N) is 4. The van der Waals surface area contributed by atoms with Gasteiger partial charge in [-0.3, -0.25) is 21.0 Å². The number of methoxy groups -OCH3 is 2. The highest BCUT2D eigenvalue weighted by Gasteiger charge is 2.28. The van der Waals surface area contributed by atoms with Crippen LogP contribution in [0.15, 0.2) is 34.1 Å². The van der Waals surface area contributed by atoms with Gasteiger partial charge >= 0.3 is 6.03 Å². The van der Waals surface area contributed by atoms with E-state index in [1.807, 2.05) is 0 Å². The van der Waals surface area contributed by atoms with Gasteiger partial charge in [-0.25, -0.2) is 26.4 Å².